The van der Waals surface area contributed by atoms with Crippen LogP contribution in [0.2, 0.25) is 0 Å². The molecule has 1 heterocycles. The van der Waals surface area contributed by atoms with Crippen molar-refractivity contribution in [1.82, 2.24) is 4.98 Å². The third-order valence-corrected chi connectivity index (χ3v) is 1.49. The van der Waals surface area contributed by atoms with Crippen molar-refractivity contribution in [2.75, 3.05) is 5.73 Å². The van der Waals surface area contributed by atoms with E-state index in [1.165, 1.54) is 18.5 Å². The second-order valence-electron chi connectivity index (χ2n) is 2.32. The van der Waals surface area contributed by atoms with E-state index in [0.717, 1.165) is 0 Å². The average molecular weight is 167 g/mol. The topological polar surface area (TPSA) is 102 Å². The summed E-state index contributed by atoms with van der Waals surface area (Å²) >= 11 is 0. The maximum atomic E-state index is 10.4. The molecule has 0 amide bonds. The van der Waals surface area contributed by atoms with Gasteiger partial charge in [0.1, 0.15) is 6.04 Å². The molecule has 5 N–H and O–H groups in total. The third kappa shape index (κ3) is 1.51. The first-order valence-electron chi connectivity index (χ1n) is 3.30. The van der Waals surface area contributed by atoms with E-state index in [0.29, 0.717) is 11.3 Å². The minimum atomic E-state index is -1.12. The van der Waals surface area contributed by atoms with Crippen LogP contribution in [0.15, 0.2) is 18.5 Å². The Bertz CT molecular complexity index is 300. The lowest BCUT2D eigenvalue weighted by atomic mass is 10.1. The molecule has 1 aromatic heterocycles. The van der Waals surface area contributed by atoms with Gasteiger partial charge in [0.25, 0.3) is 0 Å². The number of carboxylic acids is 1. The van der Waals surface area contributed by atoms with E-state index in [9.17, 15) is 4.79 Å². The Morgan fingerprint density at radius 1 is 1.67 bits per heavy atom. The van der Waals surface area contributed by atoms with Crippen LogP contribution in [0, 0.1) is 0 Å². The van der Waals surface area contributed by atoms with Crippen LogP contribution in [0.4, 0.5) is 5.69 Å². The molecule has 1 atom stereocenters. The summed E-state index contributed by atoms with van der Waals surface area (Å²) in [5, 5.41) is 8.55. The lowest BCUT2D eigenvalue weighted by Gasteiger charge is -2.07. The van der Waals surface area contributed by atoms with Crippen molar-refractivity contribution in [3.05, 3.63) is 24.0 Å². The van der Waals surface area contributed by atoms with E-state index in [4.69, 9.17) is 16.6 Å². The first kappa shape index (κ1) is 8.48. The second kappa shape index (κ2) is 3.19. The Balaban J connectivity index is 3.02. The van der Waals surface area contributed by atoms with Crippen LogP contribution in [0.1, 0.15) is 11.6 Å². The van der Waals surface area contributed by atoms with Crippen molar-refractivity contribution in [2.24, 2.45) is 5.73 Å². The molecule has 0 bridgehead atoms. The lowest BCUT2D eigenvalue weighted by molar-refractivity contribution is -0.138. The molecule has 0 saturated heterocycles. The number of nitrogens with zero attached hydrogens (tertiary/aromatic N) is 1. The highest BCUT2D eigenvalue weighted by Gasteiger charge is 2.16. The highest BCUT2D eigenvalue weighted by Crippen LogP contribution is 2.16. The molecule has 0 fully saturated rings. The number of hydrogen-bond donors (Lipinski definition) is 3. The fourth-order valence-corrected chi connectivity index (χ4v) is 0.810. The van der Waals surface area contributed by atoms with Gasteiger partial charge in [0.15, 0.2) is 0 Å². The minimum Gasteiger partial charge on any atom is -0.480 e. The van der Waals surface area contributed by atoms with Crippen molar-refractivity contribution < 1.29 is 9.90 Å². The van der Waals surface area contributed by atoms with Gasteiger partial charge in [-0.1, -0.05) is 0 Å². The zero-order valence-electron chi connectivity index (χ0n) is 6.27. The van der Waals surface area contributed by atoms with Gasteiger partial charge in [-0.25, -0.2) is 0 Å². The van der Waals surface area contributed by atoms with Crippen LogP contribution in [0.5, 0.6) is 0 Å². The van der Waals surface area contributed by atoms with Crippen LogP contribution in [-0.4, -0.2) is 16.1 Å². The average Bonchev–Trinajstić information content (AvgIpc) is 2.04. The van der Waals surface area contributed by atoms with Crippen molar-refractivity contribution in [3.8, 4) is 0 Å². The van der Waals surface area contributed by atoms with Crippen LogP contribution in [-0.2, 0) is 4.79 Å². The number of aliphatic carboxylic acids is 1. The Morgan fingerprint density at radius 3 is 2.83 bits per heavy atom. The quantitative estimate of drug-likeness (QED) is 0.563. The largest absolute Gasteiger partial charge is 0.480 e. The minimum absolute atomic E-state index is 0.338. The molecular weight excluding hydrogens is 158 g/mol. The van der Waals surface area contributed by atoms with E-state index in [1.54, 1.807) is 0 Å². The maximum Gasteiger partial charge on any atom is 0.325 e. The molecule has 0 aliphatic carbocycles. The molecule has 1 rings (SSSR count). The number of carbonyl (C=O) groups is 1. The van der Waals surface area contributed by atoms with E-state index in [2.05, 4.69) is 4.98 Å². The fraction of sp³-hybridized carbons (Fsp3) is 0.143. The zero-order valence-corrected chi connectivity index (χ0v) is 6.27. The summed E-state index contributed by atoms with van der Waals surface area (Å²) in [6.07, 6.45) is 2.83. The summed E-state index contributed by atoms with van der Waals surface area (Å²) in [5.74, 6) is -1.12. The monoisotopic (exact) mass is 167 g/mol. The number of hydrogen-bond acceptors (Lipinski definition) is 4. The Kier molecular flexibility index (Phi) is 2.25. The molecule has 1 unspecified atom stereocenters. The lowest BCUT2D eigenvalue weighted by Crippen LogP contribution is -2.21. The molecular formula is C7H9N3O2. The van der Waals surface area contributed by atoms with Gasteiger partial charge in [-0.2, -0.15) is 0 Å². The van der Waals surface area contributed by atoms with Crippen LogP contribution in [0.25, 0.3) is 0 Å². The summed E-state index contributed by atoms with van der Waals surface area (Å²) in [6, 6.07) is 0.414. The maximum absolute atomic E-state index is 10.4. The summed E-state index contributed by atoms with van der Waals surface area (Å²) in [7, 11) is 0. The van der Waals surface area contributed by atoms with E-state index in [1.807, 2.05) is 0 Å². The Hall–Kier alpha value is -1.62. The highest BCUT2D eigenvalue weighted by molar-refractivity contribution is 5.77. The van der Waals surface area contributed by atoms with Gasteiger partial charge in [0.2, 0.25) is 0 Å². The van der Waals surface area contributed by atoms with Gasteiger partial charge in [-0.3, -0.25) is 9.78 Å². The van der Waals surface area contributed by atoms with Crippen LogP contribution >= 0.6 is 0 Å². The fourth-order valence-electron chi connectivity index (χ4n) is 0.810. The van der Waals surface area contributed by atoms with Gasteiger partial charge >= 0.3 is 5.97 Å². The van der Waals surface area contributed by atoms with Crippen LogP contribution < -0.4 is 11.5 Å². The van der Waals surface area contributed by atoms with Gasteiger partial charge in [0.05, 0.1) is 0 Å². The van der Waals surface area contributed by atoms with E-state index in [-0.39, 0.29) is 0 Å². The molecule has 0 radical (unpaired) electrons. The number of aromatic nitrogens is 1. The molecule has 0 aromatic carbocycles. The SMILES string of the molecule is Nc1ccncc1C(N)C(=O)O. The molecule has 5 nitrogen and oxygen atoms in total. The number of nitrogens with two attached hydrogens (primary N) is 2. The van der Waals surface area contributed by atoms with E-state index >= 15 is 0 Å². The van der Waals surface area contributed by atoms with Gasteiger partial charge in [-0.05, 0) is 6.07 Å². The summed E-state index contributed by atoms with van der Waals surface area (Å²) in [5.41, 5.74) is 11.5. The van der Waals surface area contributed by atoms with E-state index < -0.39 is 12.0 Å². The van der Waals surface area contributed by atoms with Gasteiger partial charge < -0.3 is 16.6 Å². The third-order valence-electron chi connectivity index (χ3n) is 1.49. The van der Waals surface area contributed by atoms with Crippen molar-refractivity contribution >= 4 is 11.7 Å². The predicted octanol–water partition coefficient (Wildman–Crippen LogP) is -0.252. The predicted molar refractivity (Wildman–Crippen MR) is 43.2 cm³/mol. The molecule has 0 spiro atoms. The summed E-state index contributed by atoms with van der Waals surface area (Å²) in [4.78, 5) is 14.2. The molecule has 5 heteroatoms. The molecule has 64 valence electrons. The van der Waals surface area contributed by atoms with Gasteiger partial charge in [0, 0.05) is 23.6 Å². The number of carboxylic acid groups (broad SMARTS) is 1. The standard InChI is InChI=1S/C7H9N3O2/c8-5-1-2-10-3-4(5)6(9)7(11)12/h1-3,6H,9H2,(H2,8,10)(H,11,12). The summed E-state index contributed by atoms with van der Waals surface area (Å²) < 4.78 is 0. The number of anilines is 1. The number of rotatable bonds is 2. The zero-order chi connectivity index (χ0) is 9.14. The first-order chi connectivity index (χ1) is 5.63. The van der Waals surface area contributed by atoms with Crippen molar-refractivity contribution in [1.29, 1.82) is 0 Å². The molecule has 12 heavy (non-hydrogen) atoms. The van der Waals surface area contributed by atoms with Crippen molar-refractivity contribution in [3.63, 3.8) is 0 Å². The molecule has 1 aromatic rings. The molecule has 0 aliphatic rings. The summed E-state index contributed by atoms with van der Waals surface area (Å²) in [6.45, 7) is 0. The number of nitrogen functional groups attached to an aromatic ring is 1. The second-order valence-corrected chi connectivity index (χ2v) is 2.32. The van der Waals surface area contributed by atoms with Crippen LogP contribution in [0.3, 0.4) is 0 Å². The normalized spacial score (nSPS) is 12.4. The number of pyridine rings is 1. The first-order valence-corrected chi connectivity index (χ1v) is 3.30. The smallest absolute Gasteiger partial charge is 0.325 e. The van der Waals surface area contributed by atoms with Gasteiger partial charge in [-0.15, -0.1) is 0 Å². The Labute approximate surface area is 69.0 Å². The highest BCUT2D eigenvalue weighted by atomic mass is 16.4. The molecule has 0 saturated carbocycles. The van der Waals surface area contributed by atoms with Crippen molar-refractivity contribution in [2.45, 2.75) is 6.04 Å². The Morgan fingerprint density at radius 2 is 2.33 bits per heavy atom. The molecule has 0 aliphatic heterocycles.